The van der Waals surface area contributed by atoms with Crippen molar-refractivity contribution in [3.63, 3.8) is 0 Å². The number of rotatable bonds is 6. The van der Waals surface area contributed by atoms with E-state index in [9.17, 15) is 14.0 Å². The van der Waals surface area contributed by atoms with Crippen molar-refractivity contribution in [3.8, 4) is 0 Å². The van der Waals surface area contributed by atoms with Gasteiger partial charge >= 0.3 is 17.6 Å². The van der Waals surface area contributed by atoms with Gasteiger partial charge in [-0.1, -0.05) is 0 Å². The number of carbonyl (C=O) groups is 2. The van der Waals surface area contributed by atoms with Crippen molar-refractivity contribution in [1.29, 1.82) is 0 Å². The van der Waals surface area contributed by atoms with Gasteiger partial charge in [0.1, 0.15) is 0 Å². The predicted octanol–water partition coefficient (Wildman–Crippen LogP) is 0.290. The summed E-state index contributed by atoms with van der Waals surface area (Å²) in [6.07, 6.45) is -0.689. The summed E-state index contributed by atoms with van der Waals surface area (Å²) in [5.74, 6) is -4.00. The Balaban J connectivity index is 4.26. The zero-order chi connectivity index (χ0) is 10.5. The number of hydrogen-bond acceptors (Lipinski definition) is 3. The molecule has 0 aliphatic heterocycles. The third-order valence-corrected chi connectivity index (χ3v) is 1.47. The van der Waals surface area contributed by atoms with Crippen LogP contribution < -0.4 is 0 Å². The highest BCUT2D eigenvalue weighted by molar-refractivity contribution is 6.01. The van der Waals surface area contributed by atoms with E-state index in [1.807, 2.05) is 0 Å². The van der Waals surface area contributed by atoms with Gasteiger partial charge in [0, 0.05) is 13.0 Å². The molecule has 13 heavy (non-hydrogen) atoms. The Hall–Kier alpha value is -1.17. The van der Waals surface area contributed by atoms with Crippen molar-refractivity contribution >= 4 is 11.9 Å². The monoisotopic (exact) mass is 194 g/mol. The molecule has 0 saturated carbocycles. The molecule has 76 valence electrons. The second kappa shape index (κ2) is 4.76. The topological polar surface area (TPSA) is 83.8 Å². The van der Waals surface area contributed by atoms with E-state index in [1.54, 1.807) is 6.92 Å². The van der Waals surface area contributed by atoms with Crippen LogP contribution in [0.2, 0.25) is 0 Å². The Morgan fingerprint density at radius 3 is 2.15 bits per heavy atom. The molecule has 0 aromatic carbocycles. The normalized spacial score (nSPS) is 11.2. The van der Waals surface area contributed by atoms with E-state index in [4.69, 9.17) is 10.2 Å². The van der Waals surface area contributed by atoms with Crippen LogP contribution in [0, 0.1) is 0 Å². The van der Waals surface area contributed by atoms with Gasteiger partial charge in [-0.3, -0.25) is 0 Å². The molecule has 0 unspecified atom stereocenters. The zero-order valence-corrected chi connectivity index (χ0v) is 7.12. The molecule has 0 rings (SSSR count). The number of aliphatic carboxylic acids is 2. The molecule has 0 saturated heterocycles. The second-order valence-corrected chi connectivity index (χ2v) is 2.36. The first-order chi connectivity index (χ1) is 5.95. The van der Waals surface area contributed by atoms with E-state index < -0.39 is 24.0 Å². The SMILES string of the molecule is CCOCCC(F)(C(=O)O)C(=O)O. The van der Waals surface area contributed by atoms with Crippen LogP contribution in [-0.2, 0) is 14.3 Å². The van der Waals surface area contributed by atoms with Gasteiger partial charge in [-0.25, -0.2) is 14.0 Å². The summed E-state index contributed by atoms with van der Waals surface area (Å²) in [6.45, 7) is 1.70. The molecular weight excluding hydrogens is 183 g/mol. The number of halogens is 1. The highest BCUT2D eigenvalue weighted by Crippen LogP contribution is 2.17. The maximum Gasteiger partial charge on any atom is 0.353 e. The van der Waals surface area contributed by atoms with E-state index in [0.717, 1.165) is 0 Å². The minimum absolute atomic E-state index is 0.231. The van der Waals surface area contributed by atoms with Crippen molar-refractivity contribution in [2.45, 2.75) is 19.0 Å². The van der Waals surface area contributed by atoms with Gasteiger partial charge in [0.05, 0.1) is 6.61 Å². The lowest BCUT2D eigenvalue weighted by atomic mass is 10.0. The summed E-state index contributed by atoms with van der Waals surface area (Å²) in [5, 5.41) is 16.6. The highest BCUT2D eigenvalue weighted by Gasteiger charge is 2.46. The van der Waals surface area contributed by atoms with Crippen LogP contribution in [-0.4, -0.2) is 41.0 Å². The predicted molar refractivity (Wildman–Crippen MR) is 40.2 cm³/mol. The quantitative estimate of drug-likeness (QED) is 0.469. The Morgan fingerprint density at radius 1 is 1.38 bits per heavy atom. The maximum atomic E-state index is 13.1. The first-order valence-electron chi connectivity index (χ1n) is 3.68. The first-order valence-corrected chi connectivity index (χ1v) is 3.68. The molecule has 0 aromatic heterocycles. The third kappa shape index (κ3) is 2.98. The highest BCUT2D eigenvalue weighted by atomic mass is 19.1. The van der Waals surface area contributed by atoms with Crippen LogP contribution in [0.15, 0.2) is 0 Å². The molecule has 0 aromatic rings. The van der Waals surface area contributed by atoms with E-state index >= 15 is 0 Å². The molecule has 0 amide bonds. The molecule has 5 nitrogen and oxygen atoms in total. The number of carboxylic acids is 2. The fraction of sp³-hybridized carbons (Fsp3) is 0.714. The lowest BCUT2D eigenvalue weighted by molar-refractivity contribution is -0.168. The van der Waals surface area contributed by atoms with E-state index in [1.165, 1.54) is 0 Å². The summed E-state index contributed by atoms with van der Waals surface area (Å²) in [7, 11) is 0. The molecule has 0 aliphatic rings. The van der Waals surface area contributed by atoms with Gasteiger partial charge in [-0.05, 0) is 6.92 Å². The Morgan fingerprint density at radius 2 is 1.85 bits per heavy atom. The zero-order valence-electron chi connectivity index (χ0n) is 7.12. The second-order valence-electron chi connectivity index (χ2n) is 2.36. The minimum Gasteiger partial charge on any atom is -0.478 e. The summed E-state index contributed by atoms with van der Waals surface area (Å²) < 4.78 is 17.7. The molecule has 0 radical (unpaired) electrons. The smallest absolute Gasteiger partial charge is 0.353 e. The molecule has 0 heterocycles. The molecule has 2 N–H and O–H groups in total. The van der Waals surface area contributed by atoms with E-state index in [0.29, 0.717) is 0 Å². The van der Waals surface area contributed by atoms with Crippen molar-refractivity contribution in [3.05, 3.63) is 0 Å². The van der Waals surface area contributed by atoms with Gasteiger partial charge < -0.3 is 14.9 Å². The van der Waals surface area contributed by atoms with Crippen LogP contribution in [0.25, 0.3) is 0 Å². The third-order valence-electron chi connectivity index (χ3n) is 1.47. The summed E-state index contributed by atoms with van der Waals surface area (Å²) >= 11 is 0. The van der Waals surface area contributed by atoms with Crippen LogP contribution in [0.5, 0.6) is 0 Å². The lowest BCUT2D eigenvalue weighted by Gasteiger charge is -2.14. The largest absolute Gasteiger partial charge is 0.478 e. The fourth-order valence-electron chi connectivity index (χ4n) is 0.662. The van der Waals surface area contributed by atoms with Crippen molar-refractivity contribution < 1.29 is 28.9 Å². The van der Waals surface area contributed by atoms with Gasteiger partial charge in [-0.2, -0.15) is 0 Å². The fourth-order valence-corrected chi connectivity index (χ4v) is 0.662. The summed E-state index contributed by atoms with van der Waals surface area (Å²) in [5.41, 5.74) is -3.24. The number of carboxylic acid groups (broad SMARTS) is 2. The standard InChI is InChI=1S/C7H11FO5/c1-2-13-4-3-7(8,5(9)10)6(11)12/h2-4H2,1H3,(H,9,10)(H,11,12). The Bertz CT molecular complexity index is 189. The van der Waals surface area contributed by atoms with Crippen molar-refractivity contribution in [1.82, 2.24) is 0 Å². The van der Waals surface area contributed by atoms with Crippen LogP contribution in [0.1, 0.15) is 13.3 Å². The summed E-state index contributed by atoms with van der Waals surface area (Å²) in [6, 6.07) is 0. The average molecular weight is 194 g/mol. The van der Waals surface area contributed by atoms with E-state index in [2.05, 4.69) is 4.74 Å². The molecule has 0 bridgehead atoms. The lowest BCUT2D eigenvalue weighted by Crippen LogP contribution is -2.43. The van der Waals surface area contributed by atoms with Crippen molar-refractivity contribution in [2.75, 3.05) is 13.2 Å². The molecular formula is C7H11FO5. The maximum absolute atomic E-state index is 13.1. The first kappa shape index (κ1) is 11.8. The Kier molecular flexibility index (Phi) is 4.33. The van der Waals surface area contributed by atoms with Gasteiger partial charge in [0.25, 0.3) is 0 Å². The molecule has 0 aliphatic carbocycles. The van der Waals surface area contributed by atoms with Gasteiger partial charge in [-0.15, -0.1) is 0 Å². The molecule has 6 heteroatoms. The number of hydrogen-bond donors (Lipinski definition) is 2. The van der Waals surface area contributed by atoms with Crippen LogP contribution >= 0.6 is 0 Å². The van der Waals surface area contributed by atoms with Crippen LogP contribution in [0.4, 0.5) is 4.39 Å². The van der Waals surface area contributed by atoms with Gasteiger partial charge in [0.2, 0.25) is 0 Å². The average Bonchev–Trinajstić information content (AvgIpc) is 2.03. The Labute approximate surface area is 74.1 Å². The van der Waals surface area contributed by atoms with Crippen molar-refractivity contribution in [2.24, 2.45) is 0 Å². The number of alkyl halides is 1. The van der Waals surface area contributed by atoms with Crippen LogP contribution in [0.3, 0.4) is 0 Å². The minimum atomic E-state index is -3.24. The molecule has 0 fully saturated rings. The number of ether oxygens (including phenoxy) is 1. The van der Waals surface area contributed by atoms with Gasteiger partial charge in [0.15, 0.2) is 0 Å². The molecule has 0 spiro atoms. The molecule has 0 atom stereocenters. The summed E-state index contributed by atoms with van der Waals surface area (Å²) in [4.78, 5) is 20.5. The van der Waals surface area contributed by atoms with E-state index in [-0.39, 0.29) is 13.2 Å².